The van der Waals surface area contributed by atoms with Crippen LogP contribution in [0.1, 0.15) is 35.2 Å². The molecule has 1 fully saturated rings. The van der Waals surface area contributed by atoms with E-state index in [1.54, 1.807) is 6.07 Å². The Morgan fingerprint density at radius 1 is 1.38 bits per heavy atom. The summed E-state index contributed by atoms with van der Waals surface area (Å²) < 4.78 is 0. The average Bonchev–Trinajstić information content (AvgIpc) is 2.48. The number of nitrogens with two attached hydrogens (primary N) is 1. The lowest BCUT2D eigenvalue weighted by Crippen LogP contribution is -2.42. The molecule has 1 saturated heterocycles. The Balaban J connectivity index is 1.84. The molecule has 1 aromatic rings. The topological polar surface area (TPSA) is 49.6 Å². The summed E-state index contributed by atoms with van der Waals surface area (Å²) in [5.74, 6) is 0.182. The molecule has 4 heteroatoms. The van der Waals surface area contributed by atoms with Crippen molar-refractivity contribution in [2.24, 2.45) is 0 Å². The summed E-state index contributed by atoms with van der Waals surface area (Å²) in [4.78, 5) is 17.0. The first-order valence-electron chi connectivity index (χ1n) is 7.75. The van der Waals surface area contributed by atoms with Crippen LogP contribution in [0, 0.1) is 6.92 Å². The van der Waals surface area contributed by atoms with Crippen LogP contribution >= 0.6 is 0 Å². The lowest BCUT2D eigenvalue weighted by Gasteiger charge is -2.35. The number of nitrogens with zero attached hydrogens (tertiary/aromatic N) is 2. The van der Waals surface area contributed by atoms with Gasteiger partial charge >= 0.3 is 0 Å². The van der Waals surface area contributed by atoms with Gasteiger partial charge in [0.2, 0.25) is 0 Å². The fourth-order valence-corrected chi connectivity index (χ4v) is 2.85. The predicted molar refractivity (Wildman–Crippen MR) is 87.7 cm³/mol. The molecule has 116 valence electrons. The minimum absolute atomic E-state index is 0.182. The molecule has 0 saturated carbocycles. The number of aryl methyl sites for hydroxylation is 1. The summed E-state index contributed by atoms with van der Waals surface area (Å²) in [6.45, 7) is 5.08. The van der Waals surface area contributed by atoms with E-state index in [0.29, 0.717) is 18.2 Å². The fraction of sp³-hybridized carbons (Fsp3) is 0.588. The van der Waals surface area contributed by atoms with Gasteiger partial charge in [0.25, 0.3) is 0 Å². The summed E-state index contributed by atoms with van der Waals surface area (Å²) >= 11 is 0. The van der Waals surface area contributed by atoms with E-state index in [0.717, 1.165) is 30.8 Å². The quantitative estimate of drug-likeness (QED) is 0.667. The van der Waals surface area contributed by atoms with Crippen molar-refractivity contribution in [1.82, 2.24) is 9.80 Å². The van der Waals surface area contributed by atoms with Gasteiger partial charge in [0.05, 0.1) is 0 Å². The van der Waals surface area contributed by atoms with Gasteiger partial charge in [-0.25, -0.2) is 0 Å². The number of carbonyl (C=O) groups excluding carboxylic acids is 1. The second-order valence-electron chi connectivity index (χ2n) is 6.26. The molecule has 1 heterocycles. The highest BCUT2D eigenvalue weighted by molar-refractivity contribution is 5.97. The molecule has 2 rings (SSSR count). The predicted octanol–water partition coefficient (Wildman–Crippen LogP) is 2.18. The summed E-state index contributed by atoms with van der Waals surface area (Å²) in [5.41, 5.74) is 8.33. The molecular weight excluding hydrogens is 262 g/mol. The van der Waals surface area contributed by atoms with E-state index in [2.05, 4.69) is 23.9 Å². The Morgan fingerprint density at radius 2 is 2.05 bits per heavy atom. The number of nitrogen functional groups attached to an aromatic ring is 1. The van der Waals surface area contributed by atoms with E-state index in [1.807, 2.05) is 19.1 Å². The number of rotatable bonds is 5. The van der Waals surface area contributed by atoms with Crippen LogP contribution in [0.2, 0.25) is 0 Å². The van der Waals surface area contributed by atoms with Crippen molar-refractivity contribution in [2.45, 2.75) is 32.2 Å². The maximum absolute atomic E-state index is 12.3. The van der Waals surface area contributed by atoms with Crippen LogP contribution in [-0.4, -0.2) is 55.4 Å². The van der Waals surface area contributed by atoms with Gasteiger partial charge in [0, 0.05) is 30.3 Å². The molecule has 0 spiro atoms. The van der Waals surface area contributed by atoms with Gasteiger partial charge in [-0.15, -0.1) is 0 Å². The fourth-order valence-electron chi connectivity index (χ4n) is 2.85. The van der Waals surface area contributed by atoms with Gasteiger partial charge in [-0.05, 0) is 58.6 Å². The van der Waals surface area contributed by atoms with Gasteiger partial charge in [-0.3, -0.25) is 4.79 Å². The highest BCUT2D eigenvalue weighted by Crippen LogP contribution is 2.17. The van der Waals surface area contributed by atoms with Crippen LogP contribution in [0.4, 0.5) is 5.69 Å². The standard InChI is InChI=1S/C17H27N3O/c1-13-4-5-14(12-16(13)18)17(21)8-11-20(3)15-6-9-19(2)10-7-15/h4-5,12,15H,6-11,18H2,1-3H3. The van der Waals surface area contributed by atoms with Crippen LogP contribution in [0.3, 0.4) is 0 Å². The van der Waals surface area contributed by atoms with Crippen molar-refractivity contribution in [2.75, 3.05) is 39.5 Å². The second-order valence-corrected chi connectivity index (χ2v) is 6.26. The zero-order valence-corrected chi connectivity index (χ0v) is 13.4. The van der Waals surface area contributed by atoms with Crippen molar-refractivity contribution in [3.63, 3.8) is 0 Å². The molecule has 4 nitrogen and oxygen atoms in total. The monoisotopic (exact) mass is 289 g/mol. The first kappa shape index (κ1) is 16.0. The van der Waals surface area contributed by atoms with E-state index in [4.69, 9.17) is 5.73 Å². The van der Waals surface area contributed by atoms with Gasteiger partial charge in [0.1, 0.15) is 0 Å². The highest BCUT2D eigenvalue weighted by Gasteiger charge is 2.20. The Hall–Kier alpha value is -1.39. The van der Waals surface area contributed by atoms with Crippen LogP contribution in [0.15, 0.2) is 18.2 Å². The summed E-state index contributed by atoms with van der Waals surface area (Å²) in [5, 5.41) is 0. The van der Waals surface area contributed by atoms with Crippen LogP contribution in [0.5, 0.6) is 0 Å². The number of benzene rings is 1. The average molecular weight is 289 g/mol. The normalized spacial score (nSPS) is 17.3. The smallest absolute Gasteiger partial charge is 0.164 e. The SMILES string of the molecule is Cc1ccc(C(=O)CCN(C)C2CCN(C)CC2)cc1N. The van der Waals surface area contributed by atoms with Crippen LogP contribution in [-0.2, 0) is 0 Å². The van der Waals surface area contributed by atoms with Gasteiger partial charge in [-0.1, -0.05) is 12.1 Å². The largest absolute Gasteiger partial charge is 0.398 e. The molecule has 0 unspecified atom stereocenters. The van der Waals surface area contributed by atoms with Crippen molar-refractivity contribution in [3.05, 3.63) is 29.3 Å². The Morgan fingerprint density at radius 3 is 2.67 bits per heavy atom. The van der Waals surface area contributed by atoms with E-state index in [9.17, 15) is 4.79 Å². The minimum atomic E-state index is 0.182. The minimum Gasteiger partial charge on any atom is -0.398 e. The van der Waals surface area contributed by atoms with Crippen molar-refractivity contribution < 1.29 is 4.79 Å². The number of piperidine rings is 1. The van der Waals surface area contributed by atoms with Crippen molar-refractivity contribution in [3.8, 4) is 0 Å². The van der Waals surface area contributed by atoms with Crippen molar-refractivity contribution in [1.29, 1.82) is 0 Å². The summed E-state index contributed by atoms with van der Waals surface area (Å²) in [7, 11) is 4.30. The van der Waals surface area contributed by atoms with Crippen molar-refractivity contribution >= 4 is 11.5 Å². The summed E-state index contributed by atoms with van der Waals surface area (Å²) in [6, 6.07) is 6.21. The molecule has 1 aliphatic heterocycles. The Bertz CT molecular complexity index is 493. The molecule has 0 aliphatic carbocycles. The third kappa shape index (κ3) is 4.29. The van der Waals surface area contributed by atoms with Gasteiger partial charge in [0.15, 0.2) is 5.78 Å². The van der Waals surface area contributed by atoms with E-state index < -0.39 is 0 Å². The number of anilines is 1. The second kappa shape index (κ2) is 7.05. The zero-order chi connectivity index (χ0) is 15.4. The number of carbonyl (C=O) groups is 1. The number of ketones is 1. The molecule has 0 bridgehead atoms. The Labute approximate surface area is 127 Å². The first-order valence-corrected chi connectivity index (χ1v) is 7.75. The zero-order valence-electron chi connectivity index (χ0n) is 13.4. The molecular formula is C17H27N3O. The molecule has 2 N–H and O–H groups in total. The third-order valence-electron chi connectivity index (χ3n) is 4.60. The third-order valence-corrected chi connectivity index (χ3v) is 4.60. The highest BCUT2D eigenvalue weighted by atomic mass is 16.1. The summed E-state index contributed by atoms with van der Waals surface area (Å²) in [6.07, 6.45) is 2.95. The van der Waals surface area contributed by atoms with E-state index in [1.165, 1.54) is 12.8 Å². The lowest BCUT2D eigenvalue weighted by atomic mass is 10.0. The van der Waals surface area contributed by atoms with Gasteiger partial charge in [-0.2, -0.15) is 0 Å². The van der Waals surface area contributed by atoms with Crippen LogP contribution in [0.25, 0.3) is 0 Å². The molecule has 0 atom stereocenters. The number of likely N-dealkylation sites (tertiary alicyclic amines) is 1. The molecule has 0 amide bonds. The van der Waals surface area contributed by atoms with Gasteiger partial charge < -0.3 is 15.5 Å². The molecule has 21 heavy (non-hydrogen) atoms. The maximum atomic E-state index is 12.3. The molecule has 1 aromatic carbocycles. The first-order chi connectivity index (χ1) is 9.97. The maximum Gasteiger partial charge on any atom is 0.164 e. The van der Waals surface area contributed by atoms with E-state index >= 15 is 0 Å². The van der Waals surface area contributed by atoms with E-state index in [-0.39, 0.29) is 5.78 Å². The lowest BCUT2D eigenvalue weighted by molar-refractivity contribution is 0.0939. The number of Topliss-reactive ketones (excluding diaryl/α,β-unsaturated/α-hetero) is 1. The number of hydrogen-bond donors (Lipinski definition) is 1. The molecule has 0 radical (unpaired) electrons. The molecule has 0 aromatic heterocycles. The number of hydrogen-bond acceptors (Lipinski definition) is 4. The Kier molecular flexibility index (Phi) is 5.37. The van der Waals surface area contributed by atoms with Crippen LogP contribution < -0.4 is 5.73 Å². The molecule has 1 aliphatic rings.